The van der Waals surface area contributed by atoms with Gasteiger partial charge in [-0.2, -0.15) is 0 Å². The Balaban J connectivity index is 1.81. The molecule has 0 unspecified atom stereocenters. The topological polar surface area (TPSA) is 66.5 Å². The number of nitrogens with zero attached hydrogens (tertiary/aromatic N) is 1. The molecule has 128 valence electrons. The number of hydrogen-bond acceptors (Lipinski definition) is 3. The monoisotopic (exact) mass is 338 g/mol. The van der Waals surface area contributed by atoms with E-state index >= 15 is 0 Å². The molecule has 0 saturated carbocycles. The summed E-state index contributed by atoms with van der Waals surface area (Å²) in [7, 11) is -3.21. The second-order valence-corrected chi connectivity index (χ2v) is 8.38. The molecule has 0 radical (unpaired) electrons. The van der Waals surface area contributed by atoms with Gasteiger partial charge in [0.15, 0.2) is 0 Å². The highest BCUT2D eigenvalue weighted by atomic mass is 32.2. The number of rotatable bonds is 6. The van der Waals surface area contributed by atoms with Crippen molar-refractivity contribution in [1.29, 1.82) is 0 Å². The van der Waals surface area contributed by atoms with Crippen LogP contribution < -0.4 is 5.32 Å². The molecular weight excluding hydrogens is 312 g/mol. The summed E-state index contributed by atoms with van der Waals surface area (Å²) in [5.41, 5.74) is 1.26. The highest BCUT2D eigenvalue weighted by Gasteiger charge is 2.30. The van der Waals surface area contributed by atoms with E-state index in [1.54, 1.807) is 0 Å². The summed E-state index contributed by atoms with van der Waals surface area (Å²) in [6, 6.07) is 10.3. The number of benzene rings is 1. The first-order valence-electron chi connectivity index (χ1n) is 8.15. The average Bonchev–Trinajstić information content (AvgIpc) is 2.53. The van der Waals surface area contributed by atoms with Crippen LogP contribution in [0.25, 0.3) is 0 Å². The van der Waals surface area contributed by atoms with Gasteiger partial charge in [-0.1, -0.05) is 30.3 Å². The third kappa shape index (κ3) is 5.62. The van der Waals surface area contributed by atoms with E-state index in [0.29, 0.717) is 13.1 Å². The fraction of sp³-hybridized carbons (Fsp3) is 0.588. The Kier molecular flexibility index (Phi) is 6.18. The summed E-state index contributed by atoms with van der Waals surface area (Å²) in [5.74, 6) is -0.267. The van der Waals surface area contributed by atoms with E-state index in [0.717, 1.165) is 25.7 Å². The third-order valence-corrected chi connectivity index (χ3v) is 5.59. The van der Waals surface area contributed by atoms with Crippen molar-refractivity contribution in [1.82, 2.24) is 9.62 Å². The Morgan fingerprint density at radius 2 is 2.04 bits per heavy atom. The fourth-order valence-corrected chi connectivity index (χ4v) is 3.83. The van der Waals surface area contributed by atoms with Crippen LogP contribution in [0, 0.1) is 5.92 Å². The molecule has 23 heavy (non-hydrogen) atoms. The lowest BCUT2D eigenvalue weighted by atomic mass is 9.98. The molecule has 1 aliphatic heterocycles. The van der Waals surface area contributed by atoms with Gasteiger partial charge in [0.25, 0.3) is 0 Å². The molecule has 0 aromatic heterocycles. The molecule has 1 saturated heterocycles. The molecule has 5 nitrogen and oxygen atoms in total. The molecule has 0 spiro atoms. The van der Waals surface area contributed by atoms with E-state index < -0.39 is 10.0 Å². The average molecular weight is 338 g/mol. The first-order chi connectivity index (χ1) is 10.9. The van der Waals surface area contributed by atoms with Crippen LogP contribution >= 0.6 is 0 Å². The Hall–Kier alpha value is -1.40. The van der Waals surface area contributed by atoms with Gasteiger partial charge in [-0.25, -0.2) is 12.7 Å². The van der Waals surface area contributed by atoms with Crippen LogP contribution in [0.5, 0.6) is 0 Å². The predicted molar refractivity (Wildman–Crippen MR) is 91.5 cm³/mol. The molecule has 0 bridgehead atoms. The van der Waals surface area contributed by atoms with Crippen molar-refractivity contribution < 1.29 is 13.2 Å². The summed E-state index contributed by atoms with van der Waals surface area (Å²) in [4.78, 5) is 12.4. The first kappa shape index (κ1) is 17.9. The van der Waals surface area contributed by atoms with Gasteiger partial charge in [-0.15, -0.1) is 0 Å². The predicted octanol–water partition coefficient (Wildman–Crippen LogP) is 1.80. The van der Waals surface area contributed by atoms with Crippen molar-refractivity contribution >= 4 is 15.9 Å². The van der Waals surface area contributed by atoms with Crippen molar-refractivity contribution in [3.8, 4) is 0 Å². The number of nitrogens with one attached hydrogen (secondary N) is 1. The van der Waals surface area contributed by atoms with E-state index in [2.05, 4.69) is 17.4 Å². The van der Waals surface area contributed by atoms with Gasteiger partial charge in [0.1, 0.15) is 0 Å². The van der Waals surface area contributed by atoms with Gasteiger partial charge in [0, 0.05) is 19.1 Å². The Morgan fingerprint density at radius 1 is 1.35 bits per heavy atom. The number of carbonyl (C=O) groups is 1. The minimum atomic E-state index is -3.21. The van der Waals surface area contributed by atoms with Crippen molar-refractivity contribution in [2.75, 3.05) is 19.3 Å². The highest BCUT2D eigenvalue weighted by Crippen LogP contribution is 2.19. The number of carbonyl (C=O) groups excluding carboxylic acids is 1. The number of piperidine rings is 1. The summed E-state index contributed by atoms with van der Waals surface area (Å²) in [6.45, 7) is 2.82. The van der Waals surface area contributed by atoms with E-state index in [4.69, 9.17) is 0 Å². The maximum absolute atomic E-state index is 12.4. The van der Waals surface area contributed by atoms with Crippen molar-refractivity contribution in [2.24, 2.45) is 5.92 Å². The fourth-order valence-electron chi connectivity index (χ4n) is 2.92. The van der Waals surface area contributed by atoms with Crippen LogP contribution in [0.1, 0.15) is 31.7 Å². The lowest BCUT2D eigenvalue weighted by Crippen LogP contribution is -2.46. The van der Waals surface area contributed by atoms with Crippen LogP contribution in [0.3, 0.4) is 0 Å². The molecule has 0 aliphatic carbocycles. The second kappa shape index (κ2) is 7.93. The minimum Gasteiger partial charge on any atom is -0.353 e. The van der Waals surface area contributed by atoms with Crippen molar-refractivity contribution in [2.45, 2.75) is 38.6 Å². The highest BCUT2D eigenvalue weighted by molar-refractivity contribution is 7.88. The van der Waals surface area contributed by atoms with Crippen molar-refractivity contribution in [3.05, 3.63) is 35.9 Å². The zero-order chi connectivity index (χ0) is 16.9. The first-order valence-corrected chi connectivity index (χ1v) is 10.0. The normalized spacial score (nSPS) is 20.9. The zero-order valence-electron chi connectivity index (χ0n) is 13.9. The lowest BCUT2D eigenvalue weighted by Gasteiger charge is -2.30. The summed E-state index contributed by atoms with van der Waals surface area (Å²) < 4.78 is 24.7. The van der Waals surface area contributed by atoms with E-state index in [1.165, 1.54) is 16.1 Å². The van der Waals surface area contributed by atoms with E-state index in [1.807, 2.05) is 25.1 Å². The Morgan fingerprint density at radius 3 is 2.70 bits per heavy atom. The molecule has 2 rings (SSSR count). The number of aryl methyl sites for hydroxylation is 1. The second-order valence-electron chi connectivity index (χ2n) is 6.39. The van der Waals surface area contributed by atoms with Gasteiger partial charge in [0.05, 0.1) is 12.2 Å². The molecule has 1 N–H and O–H groups in total. The molecule has 1 aliphatic rings. The van der Waals surface area contributed by atoms with Gasteiger partial charge in [0.2, 0.25) is 15.9 Å². The zero-order valence-corrected chi connectivity index (χ0v) is 14.7. The van der Waals surface area contributed by atoms with Gasteiger partial charge < -0.3 is 5.32 Å². The molecule has 2 atom stereocenters. The smallest absolute Gasteiger partial charge is 0.224 e. The number of amides is 1. The van der Waals surface area contributed by atoms with Gasteiger partial charge >= 0.3 is 0 Å². The van der Waals surface area contributed by atoms with Gasteiger partial charge in [-0.05, 0) is 38.2 Å². The molecule has 1 fully saturated rings. The molecule has 1 aromatic carbocycles. The Bertz CT molecular complexity index is 616. The molecular formula is C17H26N2O3S. The number of hydrogen-bond donors (Lipinski definition) is 1. The van der Waals surface area contributed by atoms with Crippen LogP contribution in [0.15, 0.2) is 30.3 Å². The quantitative estimate of drug-likeness (QED) is 0.860. The lowest BCUT2D eigenvalue weighted by molar-refractivity contribution is -0.126. The van der Waals surface area contributed by atoms with Gasteiger partial charge in [-0.3, -0.25) is 4.79 Å². The number of sulfonamides is 1. The Labute approximate surface area is 139 Å². The summed E-state index contributed by atoms with van der Waals surface area (Å²) in [6.07, 6.45) is 4.49. The van der Waals surface area contributed by atoms with Crippen LogP contribution in [-0.4, -0.2) is 44.0 Å². The minimum absolute atomic E-state index is 0.0288. The third-order valence-electron chi connectivity index (χ3n) is 4.32. The van der Waals surface area contributed by atoms with Crippen LogP contribution in [-0.2, 0) is 21.2 Å². The van der Waals surface area contributed by atoms with Crippen LogP contribution in [0.4, 0.5) is 0 Å². The van der Waals surface area contributed by atoms with E-state index in [9.17, 15) is 13.2 Å². The molecule has 1 aromatic rings. The molecule has 6 heteroatoms. The molecule has 1 amide bonds. The largest absolute Gasteiger partial charge is 0.353 e. The van der Waals surface area contributed by atoms with Crippen molar-refractivity contribution in [3.63, 3.8) is 0 Å². The molecule has 1 heterocycles. The van der Waals surface area contributed by atoms with Crippen LogP contribution in [0.2, 0.25) is 0 Å². The summed E-state index contributed by atoms with van der Waals surface area (Å²) >= 11 is 0. The maximum atomic E-state index is 12.4. The SMILES string of the molecule is C[C@@H](CCc1ccccc1)NC(=O)[C@@H]1CCCN(S(C)(=O)=O)C1. The standard InChI is InChI=1S/C17H26N2O3S/c1-14(10-11-15-7-4-3-5-8-15)18-17(20)16-9-6-12-19(13-16)23(2,21)22/h3-5,7-8,14,16H,6,9-13H2,1-2H3,(H,18,20)/t14-,16+/m0/s1. The van der Waals surface area contributed by atoms with E-state index in [-0.39, 0.29) is 17.9 Å². The summed E-state index contributed by atoms with van der Waals surface area (Å²) in [5, 5.41) is 3.03. The maximum Gasteiger partial charge on any atom is 0.224 e.